The molecule has 3 heteroatoms. The predicted octanol–water partition coefficient (Wildman–Crippen LogP) is 4.02. The van der Waals surface area contributed by atoms with Crippen LogP contribution in [0.15, 0.2) is 22.7 Å². The van der Waals surface area contributed by atoms with Crippen LogP contribution in [0.2, 0.25) is 0 Å². The molecule has 1 aliphatic heterocycles. The van der Waals surface area contributed by atoms with Gasteiger partial charge in [0.2, 0.25) is 0 Å². The van der Waals surface area contributed by atoms with Crippen molar-refractivity contribution in [1.29, 1.82) is 0 Å². The summed E-state index contributed by atoms with van der Waals surface area (Å²) in [4.78, 5) is 14.6. The van der Waals surface area contributed by atoms with Crippen LogP contribution in [-0.2, 0) is 0 Å². The third kappa shape index (κ3) is 2.77. The van der Waals surface area contributed by atoms with Gasteiger partial charge >= 0.3 is 0 Å². The lowest BCUT2D eigenvalue weighted by molar-refractivity contribution is 0.0588. The lowest BCUT2D eigenvalue weighted by atomic mass is 9.92. The number of rotatable bonds is 1. The second-order valence-corrected chi connectivity index (χ2v) is 6.35. The Morgan fingerprint density at radius 3 is 2.78 bits per heavy atom. The highest BCUT2D eigenvalue weighted by Crippen LogP contribution is 2.25. The zero-order valence-electron chi connectivity index (χ0n) is 11.2. The number of halogens is 1. The molecule has 98 valence electrons. The number of hydrogen-bond acceptors (Lipinski definition) is 1. The fourth-order valence-electron chi connectivity index (χ4n) is 2.69. The molecule has 0 radical (unpaired) electrons. The van der Waals surface area contributed by atoms with E-state index < -0.39 is 0 Å². The summed E-state index contributed by atoms with van der Waals surface area (Å²) in [5.41, 5.74) is 1.87. The maximum Gasteiger partial charge on any atom is 0.254 e. The highest BCUT2D eigenvalue weighted by atomic mass is 79.9. The number of piperidine rings is 1. The van der Waals surface area contributed by atoms with Gasteiger partial charge < -0.3 is 4.90 Å². The first-order valence-corrected chi connectivity index (χ1v) is 7.35. The first kappa shape index (κ1) is 13.6. The molecule has 1 aromatic rings. The van der Waals surface area contributed by atoms with Crippen LogP contribution in [0.5, 0.6) is 0 Å². The minimum absolute atomic E-state index is 0.174. The molecule has 0 N–H and O–H groups in total. The smallest absolute Gasteiger partial charge is 0.254 e. The average Bonchev–Trinajstić information content (AvgIpc) is 2.31. The quantitative estimate of drug-likeness (QED) is 0.767. The Hall–Kier alpha value is -0.830. The Balaban J connectivity index is 2.23. The van der Waals surface area contributed by atoms with E-state index in [-0.39, 0.29) is 5.91 Å². The van der Waals surface area contributed by atoms with Crippen LogP contribution < -0.4 is 0 Å². The molecule has 1 heterocycles. The number of carbonyl (C=O) groups excluding carboxylic acids is 1. The van der Waals surface area contributed by atoms with Gasteiger partial charge in [0.05, 0.1) is 0 Å². The van der Waals surface area contributed by atoms with Crippen LogP contribution in [0.3, 0.4) is 0 Å². The van der Waals surface area contributed by atoms with E-state index in [9.17, 15) is 4.79 Å². The molecule has 0 aliphatic carbocycles. The first-order valence-electron chi connectivity index (χ1n) is 6.56. The van der Waals surface area contributed by atoms with Gasteiger partial charge in [0.1, 0.15) is 0 Å². The summed E-state index contributed by atoms with van der Waals surface area (Å²) in [6.07, 6.45) is 2.22. The van der Waals surface area contributed by atoms with E-state index in [4.69, 9.17) is 0 Å². The number of carbonyl (C=O) groups is 1. The van der Waals surface area contributed by atoms with Gasteiger partial charge in [-0.25, -0.2) is 0 Å². The summed E-state index contributed by atoms with van der Waals surface area (Å²) in [6, 6.07) is 6.25. The number of likely N-dealkylation sites (tertiary alicyclic amines) is 1. The number of benzene rings is 1. The van der Waals surface area contributed by atoms with Crippen molar-refractivity contribution in [2.75, 3.05) is 6.54 Å². The largest absolute Gasteiger partial charge is 0.336 e. The minimum atomic E-state index is 0.174. The topological polar surface area (TPSA) is 20.3 Å². The number of nitrogens with zero attached hydrogens (tertiary/aromatic N) is 1. The summed E-state index contributed by atoms with van der Waals surface area (Å²) in [7, 11) is 0. The summed E-state index contributed by atoms with van der Waals surface area (Å²) in [5, 5.41) is 0. The molecule has 0 spiro atoms. The second-order valence-electron chi connectivity index (χ2n) is 5.44. The zero-order valence-corrected chi connectivity index (χ0v) is 12.8. The number of amides is 1. The maximum atomic E-state index is 12.6. The Labute approximate surface area is 117 Å². The van der Waals surface area contributed by atoms with Crippen LogP contribution in [-0.4, -0.2) is 23.4 Å². The lowest BCUT2D eigenvalue weighted by Crippen LogP contribution is -2.44. The Morgan fingerprint density at radius 2 is 2.11 bits per heavy atom. The predicted molar refractivity (Wildman–Crippen MR) is 77.8 cm³/mol. The van der Waals surface area contributed by atoms with Crippen molar-refractivity contribution in [1.82, 2.24) is 4.90 Å². The fourth-order valence-corrected chi connectivity index (χ4v) is 3.05. The second kappa shape index (κ2) is 5.43. The first-order chi connectivity index (χ1) is 8.49. The summed E-state index contributed by atoms with van der Waals surface area (Å²) in [5.74, 6) is 0.904. The molecule has 1 amide bonds. The van der Waals surface area contributed by atoms with Crippen molar-refractivity contribution in [3.8, 4) is 0 Å². The number of aryl methyl sites for hydroxylation is 1. The molecule has 18 heavy (non-hydrogen) atoms. The summed E-state index contributed by atoms with van der Waals surface area (Å²) >= 11 is 3.44. The summed E-state index contributed by atoms with van der Waals surface area (Å²) < 4.78 is 0.967. The minimum Gasteiger partial charge on any atom is -0.336 e. The molecular formula is C15H20BrNO. The molecular weight excluding hydrogens is 290 g/mol. The third-order valence-corrected chi connectivity index (χ3v) is 4.32. The van der Waals surface area contributed by atoms with Crippen molar-refractivity contribution in [2.24, 2.45) is 5.92 Å². The molecule has 1 aromatic carbocycles. The van der Waals surface area contributed by atoms with E-state index in [1.54, 1.807) is 0 Å². The van der Waals surface area contributed by atoms with Crippen LogP contribution >= 0.6 is 15.9 Å². The lowest BCUT2D eigenvalue weighted by Gasteiger charge is -2.36. The zero-order chi connectivity index (χ0) is 13.3. The van der Waals surface area contributed by atoms with Crippen molar-refractivity contribution < 1.29 is 4.79 Å². The van der Waals surface area contributed by atoms with Gasteiger partial charge in [-0.2, -0.15) is 0 Å². The van der Waals surface area contributed by atoms with E-state index in [2.05, 4.69) is 29.8 Å². The standard InChI is InChI=1S/C15H20BrNO/c1-10-6-7-17(12(3)8-10)15(18)14-9-13(16)5-4-11(14)2/h4-5,9-10,12H,6-8H2,1-3H3. The van der Waals surface area contributed by atoms with Gasteiger partial charge in [0.25, 0.3) is 5.91 Å². The summed E-state index contributed by atoms with van der Waals surface area (Å²) in [6.45, 7) is 7.30. The van der Waals surface area contributed by atoms with E-state index in [0.29, 0.717) is 6.04 Å². The van der Waals surface area contributed by atoms with E-state index in [0.717, 1.165) is 40.9 Å². The molecule has 0 bridgehead atoms. The van der Waals surface area contributed by atoms with E-state index in [1.807, 2.05) is 30.0 Å². The van der Waals surface area contributed by atoms with Crippen molar-refractivity contribution in [3.05, 3.63) is 33.8 Å². The van der Waals surface area contributed by atoms with Crippen molar-refractivity contribution in [3.63, 3.8) is 0 Å². The Morgan fingerprint density at radius 1 is 1.39 bits per heavy atom. The number of hydrogen-bond donors (Lipinski definition) is 0. The molecule has 2 unspecified atom stereocenters. The van der Waals surface area contributed by atoms with Gasteiger partial charge in [-0.3, -0.25) is 4.79 Å². The monoisotopic (exact) mass is 309 g/mol. The highest BCUT2D eigenvalue weighted by Gasteiger charge is 2.28. The Kier molecular flexibility index (Phi) is 4.10. The van der Waals surface area contributed by atoms with Crippen molar-refractivity contribution in [2.45, 2.75) is 39.7 Å². The molecule has 2 nitrogen and oxygen atoms in total. The Bertz CT molecular complexity index is 458. The molecule has 2 rings (SSSR count). The SMILES string of the molecule is Cc1ccc(Br)cc1C(=O)N1CCC(C)CC1C. The van der Waals surface area contributed by atoms with Gasteiger partial charge in [0, 0.05) is 22.6 Å². The van der Waals surface area contributed by atoms with Gasteiger partial charge in [-0.05, 0) is 50.3 Å². The molecule has 1 fully saturated rings. The van der Waals surface area contributed by atoms with E-state index in [1.165, 1.54) is 0 Å². The maximum absolute atomic E-state index is 12.6. The van der Waals surface area contributed by atoms with Gasteiger partial charge in [-0.15, -0.1) is 0 Å². The highest BCUT2D eigenvalue weighted by molar-refractivity contribution is 9.10. The molecule has 0 aromatic heterocycles. The van der Waals surface area contributed by atoms with Crippen molar-refractivity contribution >= 4 is 21.8 Å². The van der Waals surface area contributed by atoms with Crippen LogP contribution in [0.4, 0.5) is 0 Å². The van der Waals surface area contributed by atoms with Gasteiger partial charge in [-0.1, -0.05) is 28.9 Å². The fraction of sp³-hybridized carbons (Fsp3) is 0.533. The molecule has 0 saturated carbocycles. The molecule has 2 atom stereocenters. The van der Waals surface area contributed by atoms with E-state index >= 15 is 0 Å². The third-order valence-electron chi connectivity index (χ3n) is 3.83. The molecule has 1 aliphatic rings. The normalized spacial score (nSPS) is 24.1. The molecule has 1 saturated heterocycles. The van der Waals surface area contributed by atoms with Gasteiger partial charge in [0.15, 0.2) is 0 Å². The average molecular weight is 310 g/mol. The van der Waals surface area contributed by atoms with Crippen LogP contribution in [0, 0.1) is 12.8 Å². The van der Waals surface area contributed by atoms with Crippen LogP contribution in [0.1, 0.15) is 42.6 Å². The van der Waals surface area contributed by atoms with Crippen LogP contribution in [0.25, 0.3) is 0 Å².